The van der Waals surface area contributed by atoms with Crippen molar-refractivity contribution >= 4 is 45.8 Å². The molecule has 1 aliphatic rings. The normalized spacial score (nSPS) is 18.0. The number of nitro benzene ring substituents is 1. The van der Waals surface area contributed by atoms with Crippen LogP contribution in [0.1, 0.15) is 6.42 Å². The highest BCUT2D eigenvalue weighted by atomic mass is 32.2. The smallest absolute Gasteiger partial charge is 0.292 e. The molecule has 1 saturated heterocycles. The predicted octanol–water partition coefficient (Wildman–Crippen LogP) is 3.18. The van der Waals surface area contributed by atoms with Gasteiger partial charge in [0.05, 0.1) is 10.6 Å². The second-order valence-electron chi connectivity index (χ2n) is 5.76. The van der Waals surface area contributed by atoms with Crippen molar-refractivity contribution in [1.82, 2.24) is 4.90 Å². The SMILES string of the molecule is CN1C(=O)C(CC(=O)Nc2ccccc2[N+](=O)[O-])SC1=Nc1ccccc1. The first-order valence-electron chi connectivity index (χ1n) is 8.07. The highest BCUT2D eigenvalue weighted by Crippen LogP contribution is 2.31. The molecule has 1 unspecified atom stereocenters. The molecule has 1 N–H and O–H groups in total. The van der Waals surface area contributed by atoms with E-state index < -0.39 is 16.1 Å². The number of carbonyl (C=O) groups is 2. The number of benzene rings is 2. The lowest BCUT2D eigenvalue weighted by atomic mass is 10.2. The zero-order valence-corrected chi connectivity index (χ0v) is 15.2. The molecule has 1 atom stereocenters. The van der Waals surface area contributed by atoms with Gasteiger partial charge in [0.2, 0.25) is 11.8 Å². The van der Waals surface area contributed by atoms with Crippen LogP contribution in [0.2, 0.25) is 0 Å². The number of amidine groups is 1. The molecule has 2 amide bonds. The number of nitro groups is 1. The number of rotatable bonds is 5. The Kier molecular flexibility index (Phi) is 5.51. The number of anilines is 1. The average molecular weight is 384 g/mol. The molecule has 3 rings (SSSR count). The number of thioether (sulfide) groups is 1. The average Bonchev–Trinajstić information content (AvgIpc) is 2.90. The first kappa shape index (κ1) is 18.6. The van der Waals surface area contributed by atoms with Gasteiger partial charge in [0.25, 0.3) is 5.69 Å². The second kappa shape index (κ2) is 8.00. The summed E-state index contributed by atoms with van der Waals surface area (Å²) < 4.78 is 0. The molecule has 0 spiro atoms. The van der Waals surface area contributed by atoms with Crippen molar-refractivity contribution in [2.75, 3.05) is 12.4 Å². The monoisotopic (exact) mass is 384 g/mol. The molecule has 2 aromatic rings. The van der Waals surface area contributed by atoms with Crippen LogP contribution in [-0.2, 0) is 9.59 Å². The number of nitrogens with zero attached hydrogens (tertiary/aromatic N) is 3. The Hall–Kier alpha value is -3.20. The van der Waals surface area contributed by atoms with Crippen LogP contribution in [-0.4, -0.2) is 39.1 Å². The Labute approximate surface area is 159 Å². The van der Waals surface area contributed by atoms with Gasteiger partial charge in [-0.1, -0.05) is 42.1 Å². The van der Waals surface area contributed by atoms with Crippen molar-refractivity contribution in [1.29, 1.82) is 0 Å². The van der Waals surface area contributed by atoms with Gasteiger partial charge in [0, 0.05) is 19.5 Å². The van der Waals surface area contributed by atoms with Crippen molar-refractivity contribution in [3.8, 4) is 0 Å². The molecule has 1 aliphatic heterocycles. The number of amides is 2. The first-order valence-corrected chi connectivity index (χ1v) is 8.95. The van der Waals surface area contributed by atoms with Gasteiger partial charge in [0.15, 0.2) is 5.17 Å². The highest BCUT2D eigenvalue weighted by Gasteiger charge is 2.37. The van der Waals surface area contributed by atoms with Crippen LogP contribution in [0.25, 0.3) is 0 Å². The summed E-state index contributed by atoms with van der Waals surface area (Å²) in [6.07, 6.45) is -0.103. The lowest BCUT2D eigenvalue weighted by Gasteiger charge is -2.09. The Morgan fingerprint density at radius 1 is 1.22 bits per heavy atom. The zero-order chi connectivity index (χ0) is 19.4. The Morgan fingerprint density at radius 3 is 2.59 bits per heavy atom. The summed E-state index contributed by atoms with van der Waals surface area (Å²) in [7, 11) is 1.61. The van der Waals surface area contributed by atoms with Crippen LogP contribution in [0, 0.1) is 10.1 Å². The van der Waals surface area contributed by atoms with Crippen LogP contribution in [0.15, 0.2) is 59.6 Å². The fraction of sp³-hybridized carbons (Fsp3) is 0.167. The fourth-order valence-corrected chi connectivity index (χ4v) is 3.67. The second-order valence-corrected chi connectivity index (χ2v) is 6.93. The van der Waals surface area contributed by atoms with Crippen molar-refractivity contribution in [3.05, 3.63) is 64.7 Å². The molecule has 1 fully saturated rings. The fourth-order valence-electron chi connectivity index (χ4n) is 2.52. The molecule has 0 aliphatic carbocycles. The molecule has 0 aromatic heterocycles. The third-order valence-corrected chi connectivity index (χ3v) is 5.10. The van der Waals surface area contributed by atoms with Gasteiger partial charge in [-0.25, -0.2) is 4.99 Å². The Morgan fingerprint density at radius 2 is 1.89 bits per heavy atom. The molecule has 9 heteroatoms. The third kappa shape index (κ3) is 4.32. The van der Waals surface area contributed by atoms with Crippen molar-refractivity contribution in [3.63, 3.8) is 0 Å². The molecule has 0 saturated carbocycles. The molecule has 2 aromatic carbocycles. The van der Waals surface area contributed by atoms with Gasteiger partial charge >= 0.3 is 0 Å². The summed E-state index contributed by atoms with van der Waals surface area (Å²) in [4.78, 5) is 41.0. The van der Waals surface area contributed by atoms with E-state index in [1.807, 2.05) is 30.3 Å². The van der Waals surface area contributed by atoms with Crippen LogP contribution >= 0.6 is 11.8 Å². The maximum atomic E-state index is 12.4. The molecule has 0 radical (unpaired) electrons. The van der Waals surface area contributed by atoms with Crippen LogP contribution in [0.4, 0.5) is 17.1 Å². The first-order chi connectivity index (χ1) is 13.0. The van der Waals surface area contributed by atoms with Gasteiger partial charge in [-0.2, -0.15) is 0 Å². The van der Waals surface area contributed by atoms with Gasteiger partial charge in [-0.15, -0.1) is 0 Å². The summed E-state index contributed by atoms with van der Waals surface area (Å²) in [6, 6.07) is 15.1. The predicted molar refractivity (Wildman–Crippen MR) is 104 cm³/mol. The Balaban J connectivity index is 1.69. The maximum Gasteiger partial charge on any atom is 0.292 e. The van der Waals surface area contributed by atoms with Crippen LogP contribution in [0.5, 0.6) is 0 Å². The number of nitrogens with one attached hydrogen (secondary N) is 1. The maximum absolute atomic E-state index is 12.4. The molecule has 0 bridgehead atoms. The van der Waals surface area contributed by atoms with E-state index in [4.69, 9.17) is 0 Å². The molecule has 8 nitrogen and oxygen atoms in total. The van der Waals surface area contributed by atoms with E-state index in [1.54, 1.807) is 13.1 Å². The molecular formula is C18H16N4O4S. The lowest BCUT2D eigenvalue weighted by molar-refractivity contribution is -0.383. The number of hydrogen-bond donors (Lipinski definition) is 1. The Bertz CT molecular complexity index is 917. The minimum atomic E-state index is -0.625. The summed E-state index contributed by atoms with van der Waals surface area (Å²) in [5, 5.41) is 13.4. The quantitative estimate of drug-likeness (QED) is 0.630. The van der Waals surface area contributed by atoms with Gasteiger partial charge in [-0.3, -0.25) is 24.6 Å². The van der Waals surface area contributed by atoms with E-state index in [-0.39, 0.29) is 23.7 Å². The van der Waals surface area contributed by atoms with E-state index in [9.17, 15) is 19.7 Å². The van der Waals surface area contributed by atoms with Crippen molar-refractivity contribution in [2.45, 2.75) is 11.7 Å². The van der Waals surface area contributed by atoms with E-state index in [2.05, 4.69) is 10.3 Å². The number of para-hydroxylation sites is 3. The summed E-state index contributed by atoms with van der Waals surface area (Å²) in [6.45, 7) is 0. The third-order valence-electron chi connectivity index (χ3n) is 3.87. The van der Waals surface area contributed by atoms with E-state index >= 15 is 0 Å². The van der Waals surface area contributed by atoms with Gasteiger partial charge in [-0.05, 0) is 18.2 Å². The molecular weight excluding hydrogens is 368 g/mol. The van der Waals surface area contributed by atoms with Crippen molar-refractivity contribution < 1.29 is 14.5 Å². The topological polar surface area (TPSA) is 105 Å². The van der Waals surface area contributed by atoms with Crippen molar-refractivity contribution in [2.24, 2.45) is 4.99 Å². The van der Waals surface area contributed by atoms with E-state index in [0.29, 0.717) is 10.9 Å². The molecule has 1 heterocycles. The summed E-state index contributed by atoms with van der Waals surface area (Å²) >= 11 is 1.20. The van der Waals surface area contributed by atoms with Gasteiger partial charge < -0.3 is 5.32 Å². The number of aliphatic imine (C=N–C) groups is 1. The summed E-state index contributed by atoms with van der Waals surface area (Å²) in [5.41, 5.74) is 0.624. The van der Waals surface area contributed by atoms with Crippen LogP contribution in [0.3, 0.4) is 0 Å². The lowest BCUT2D eigenvalue weighted by Crippen LogP contribution is -2.30. The minimum absolute atomic E-state index is 0.103. The van der Waals surface area contributed by atoms with Crippen LogP contribution < -0.4 is 5.32 Å². The summed E-state index contributed by atoms with van der Waals surface area (Å²) in [5.74, 6) is -0.697. The minimum Gasteiger partial charge on any atom is -0.320 e. The number of hydrogen-bond acceptors (Lipinski definition) is 6. The van der Waals surface area contributed by atoms with Gasteiger partial charge in [0.1, 0.15) is 10.9 Å². The standard InChI is InChI=1S/C18H16N4O4S/c1-21-17(24)15(27-18(21)19-12-7-3-2-4-8-12)11-16(23)20-13-9-5-6-10-14(13)22(25)26/h2-10,15H,11H2,1H3,(H,20,23). The highest BCUT2D eigenvalue weighted by molar-refractivity contribution is 8.15. The molecule has 27 heavy (non-hydrogen) atoms. The van der Waals surface area contributed by atoms with E-state index in [1.165, 1.54) is 34.9 Å². The van der Waals surface area contributed by atoms with E-state index in [0.717, 1.165) is 0 Å². The number of carbonyl (C=O) groups excluding carboxylic acids is 2. The zero-order valence-electron chi connectivity index (χ0n) is 14.4. The largest absolute Gasteiger partial charge is 0.320 e. The molecule has 138 valence electrons.